The van der Waals surface area contributed by atoms with E-state index in [-0.39, 0.29) is 17.7 Å². The lowest BCUT2D eigenvalue weighted by Crippen LogP contribution is -2.39. The predicted octanol–water partition coefficient (Wildman–Crippen LogP) is 2.89. The van der Waals surface area contributed by atoms with Crippen LogP contribution in [0.25, 0.3) is 0 Å². The van der Waals surface area contributed by atoms with Gasteiger partial charge in [0.1, 0.15) is 6.54 Å². The third-order valence-electron chi connectivity index (χ3n) is 5.54. The number of H-pyrrole nitrogens is 1. The summed E-state index contributed by atoms with van der Waals surface area (Å²) >= 11 is 0. The Kier molecular flexibility index (Phi) is 5.46. The molecule has 2 aromatic heterocycles. The average Bonchev–Trinajstić information content (AvgIpc) is 3.46. The third kappa shape index (κ3) is 4.23. The molecule has 7 heteroatoms. The van der Waals surface area contributed by atoms with Gasteiger partial charge in [-0.3, -0.25) is 14.7 Å². The highest BCUT2D eigenvalue weighted by Crippen LogP contribution is 2.27. The van der Waals surface area contributed by atoms with Crippen molar-refractivity contribution < 1.29 is 9.59 Å². The van der Waals surface area contributed by atoms with E-state index < -0.39 is 0 Å². The Hall–Kier alpha value is -3.35. The summed E-state index contributed by atoms with van der Waals surface area (Å²) in [6.07, 6.45) is 5.53. The van der Waals surface area contributed by atoms with Gasteiger partial charge in [-0.1, -0.05) is 18.2 Å². The fraction of sp³-hybridized carbons (Fsp3) is 0.318. The fourth-order valence-electron chi connectivity index (χ4n) is 3.77. The molecule has 1 N–H and O–H groups in total. The van der Waals surface area contributed by atoms with Crippen molar-refractivity contribution in [3.63, 3.8) is 0 Å². The number of aromatic amines is 1. The zero-order valence-electron chi connectivity index (χ0n) is 16.5. The first-order chi connectivity index (χ1) is 14.1. The molecule has 0 bridgehead atoms. The second-order valence-electron chi connectivity index (χ2n) is 7.42. The van der Waals surface area contributed by atoms with Crippen molar-refractivity contribution in [2.45, 2.75) is 25.3 Å². The molecule has 1 aromatic carbocycles. The van der Waals surface area contributed by atoms with E-state index in [2.05, 4.69) is 10.2 Å². The molecule has 1 aliphatic heterocycles. The summed E-state index contributed by atoms with van der Waals surface area (Å²) in [5.74, 6) is 0.282. The van der Waals surface area contributed by atoms with Crippen LogP contribution in [0, 0.1) is 0 Å². The van der Waals surface area contributed by atoms with Crippen LogP contribution in [0.1, 0.15) is 34.9 Å². The molecule has 1 fully saturated rings. The van der Waals surface area contributed by atoms with Gasteiger partial charge in [-0.25, -0.2) is 0 Å². The Morgan fingerprint density at radius 2 is 1.79 bits per heavy atom. The zero-order chi connectivity index (χ0) is 20.2. The largest absolute Gasteiger partial charge is 0.345 e. The van der Waals surface area contributed by atoms with Crippen molar-refractivity contribution in [3.8, 4) is 0 Å². The van der Waals surface area contributed by atoms with Crippen molar-refractivity contribution in [1.29, 1.82) is 0 Å². The number of rotatable bonds is 5. The van der Waals surface area contributed by atoms with Crippen LogP contribution in [0.3, 0.4) is 0 Å². The Morgan fingerprint density at radius 3 is 2.48 bits per heavy atom. The summed E-state index contributed by atoms with van der Waals surface area (Å²) < 4.78 is 1.89. The average molecular weight is 391 g/mol. The molecule has 2 amide bonds. The molecule has 0 radical (unpaired) electrons. The topological polar surface area (TPSA) is 74.2 Å². The summed E-state index contributed by atoms with van der Waals surface area (Å²) in [6.45, 7) is 1.82. The Balaban J connectivity index is 1.34. The van der Waals surface area contributed by atoms with E-state index in [1.165, 1.54) is 0 Å². The van der Waals surface area contributed by atoms with E-state index in [0.29, 0.717) is 12.2 Å². The van der Waals surface area contributed by atoms with Crippen LogP contribution in [0.4, 0.5) is 5.69 Å². The highest BCUT2D eigenvalue weighted by molar-refractivity contribution is 6.04. The number of benzene rings is 1. The molecule has 0 aliphatic carbocycles. The van der Waals surface area contributed by atoms with Crippen LogP contribution in [0.15, 0.2) is 60.9 Å². The normalized spacial score (nSPS) is 14.7. The van der Waals surface area contributed by atoms with E-state index in [0.717, 1.165) is 37.3 Å². The number of nitrogens with one attached hydrogen (secondary N) is 1. The van der Waals surface area contributed by atoms with Gasteiger partial charge in [-0.05, 0) is 43.2 Å². The van der Waals surface area contributed by atoms with Crippen LogP contribution in [-0.4, -0.2) is 51.6 Å². The number of hydrogen-bond acceptors (Lipinski definition) is 3. The Morgan fingerprint density at radius 1 is 1.10 bits per heavy atom. The minimum absolute atomic E-state index is 0.141. The van der Waals surface area contributed by atoms with Crippen LogP contribution in [0.5, 0.6) is 0 Å². The van der Waals surface area contributed by atoms with E-state index >= 15 is 0 Å². The van der Waals surface area contributed by atoms with Crippen LogP contribution >= 0.6 is 0 Å². The summed E-state index contributed by atoms with van der Waals surface area (Å²) in [5, 5.41) is 7.28. The van der Waals surface area contributed by atoms with E-state index in [9.17, 15) is 9.59 Å². The van der Waals surface area contributed by atoms with Gasteiger partial charge in [-0.2, -0.15) is 5.10 Å². The van der Waals surface area contributed by atoms with Crippen LogP contribution in [-0.2, 0) is 11.3 Å². The summed E-state index contributed by atoms with van der Waals surface area (Å²) in [7, 11) is 1.75. The number of likely N-dealkylation sites (tertiary alicyclic amines) is 1. The van der Waals surface area contributed by atoms with Gasteiger partial charge in [0.15, 0.2) is 5.69 Å². The number of amides is 2. The summed E-state index contributed by atoms with van der Waals surface area (Å²) in [5.41, 5.74) is 2.21. The number of carbonyl (C=O) groups excluding carboxylic acids is 2. The first-order valence-electron chi connectivity index (χ1n) is 9.89. The SMILES string of the molecule is CN(C(=O)c1cc(C2CCN(C(=O)Cn3cccc3)CC2)[nH]n1)c1ccccc1. The minimum atomic E-state index is -0.141. The first-order valence-corrected chi connectivity index (χ1v) is 9.89. The number of para-hydroxylation sites is 1. The van der Waals surface area contributed by atoms with Gasteiger partial charge in [-0.15, -0.1) is 0 Å². The molecule has 4 rings (SSSR count). The number of anilines is 1. The molecular weight excluding hydrogens is 366 g/mol. The van der Waals surface area contributed by atoms with Gasteiger partial charge in [0.25, 0.3) is 5.91 Å². The molecule has 1 aliphatic rings. The van der Waals surface area contributed by atoms with Crippen molar-refractivity contribution in [3.05, 3.63) is 72.3 Å². The van der Waals surface area contributed by atoms with E-state index in [1.54, 1.807) is 11.9 Å². The smallest absolute Gasteiger partial charge is 0.278 e. The standard InChI is InChI=1S/C22H25N5O2/c1-25(18-7-3-2-4-8-18)22(29)20-15-19(23-24-20)17-9-13-27(14-10-17)21(28)16-26-11-5-6-12-26/h2-8,11-12,15,17H,9-10,13-14,16H2,1H3,(H,23,24). The zero-order valence-corrected chi connectivity index (χ0v) is 16.5. The maximum absolute atomic E-state index is 12.7. The lowest BCUT2D eigenvalue weighted by molar-refractivity contribution is -0.132. The minimum Gasteiger partial charge on any atom is -0.345 e. The highest BCUT2D eigenvalue weighted by Gasteiger charge is 2.26. The number of carbonyl (C=O) groups is 2. The van der Waals surface area contributed by atoms with Gasteiger partial charge in [0.05, 0.1) is 0 Å². The van der Waals surface area contributed by atoms with Crippen LogP contribution < -0.4 is 4.90 Å². The lowest BCUT2D eigenvalue weighted by atomic mass is 9.93. The molecule has 3 heterocycles. The molecule has 3 aromatic rings. The quantitative estimate of drug-likeness (QED) is 0.727. The lowest BCUT2D eigenvalue weighted by Gasteiger charge is -2.31. The maximum Gasteiger partial charge on any atom is 0.278 e. The number of piperidine rings is 1. The van der Waals surface area contributed by atoms with Crippen LogP contribution in [0.2, 0.25) is 0 Å². The van der Waals surface area contributed by atoms with Gasteiger partial charge in [0.2, 0.25) is 5.91 Å². The number of hydrogen-bond donors (Lipinski definition) is 1. The van der Waals surface area contributed by atoms with E-state index in [1.807, 2.05) is 70.4 Å². The molecule has 0 unspecified atom stereocenters. The van der Waals surface area contributed by atoms with Crippen molar-refractivity contribution >= 4 is 17.5 Å². The van der Waals surface area contributed by atoms with Gasteiger partial charge >= 0.3 is 0 Å². The monoisotopic (exact) mass is 391 g/mol. The van der Waals surface area contributed by atoms with Crippen molar-refractivity contribution in [1.82, 2.24) is 19.7 Å². The third-order valence-corrected chi connectivity index (χ3v) is 5.54. The van der Waals surface area contributed by atoms with Crippen molar-refractivity contribution in [2.75, 3.05) is 25.0 Å². The van der Waals surface area contributed by atoms with Gasteiger partial charge < -0.3 is 14.4 Å². The first kappa shape index (κ1) is 19.0. The molecule has 0 saturated carbocycles. The molecule has 0 spiro atoms. The Labute approximate surface area is 169 Å². The van der Waals surface area contributed by atoms with E-state index in [4.69, 9.17) is 0 Å². The second kappa shape index (κ2) is 8.34. The Bertz CT molecular complexity index is 956. The number of nitrogens with zero attached hydrogens (tertiary/aromatic N) is 4. The van der Waals surface area contributed by atoms with Crippen molar-refractivity contribution in [2.24, 2.45) is 0 Å². The number of aromatic nitrogens is 3. The fourth-order valence-corrected chi connectivity index (χ4v) is 3.77. The van der Waals surface area contributed by atoms with Gasteiger partial charge in [0, 0.05) is 49.8 Å². The molecule has 150 valence electrons. The summed E-state index contributed by atoms with van der Waals surface area (Å²) in [4.78, 5) is 28.7. The molecule has 0 atom stereocenters. The second-order valence-corrected chi connectivity index (χ2v) is 7.42. The highest BCUT2D eigenvalue weighted by atomic mass is 16.2. The molecule has 7 nitrogen and oxygen atoms in total. The predicted molar refractivity (Wildman–Crippen MR) is 111 cm³/mol. The molecule has 1 saturated heterocycles. The molecular formula is C22H25N5O2. The molecule has 29 heavy (non-hydrogen) atoms. The maximum atomic E-state index is 12.7. The summed E-state index contributed by atoms with van der Waals surface area (Å²) in [6, 6.07) is 15.2.